The Labute approximate surface area is 121 Å². The highest BCUT2D eigenvalue weighted by Crippen LogP contribution is 2.31. The number of imide groups is 1. The van der Waals surface area contributed by atoms with Gasteiger partial charge in [-0.2, -0.15) is 0 Å². The summed E-state index contributed by atoms with van der Waals surface area (Å²) in [7, 11) is 0. The van der Waals surface area contributed by atoms with Crippen LogP contribution in [0.3, 0.4) is 0 Å². The summed E-state index contributed by atoms with van der Waals surface area (Å²) >= 11 is 0. The summed E-state index contributed by atoms with van der Waals surface area (Å²) < 4.78 is 0. The van der Waals surface area contributed by atoms with Crippen LogP contribution in [0.5, 0.6) is 0 Å². The first-order valence-electron chi connectivity index (χ1n) is 7.42. The van der Waals surface area contributed by atoms with Crippen molar-refractivity contribution in [3.05, 3.63) is 29.8 Å². The molecule has 108 valence electrons. The van der Waals surface area contributed by atoms with Gasteiger partial charge in [-0.15, -0.1) is 0 Å². The summed E-state index contributed by atoms with van der Waals surface area (Å²) in [5, 5.41) is 0. The minimum Gasteiger partial charge on any atom is -0.274 e. The summed E-state index contributed by atoms with van der Waals surface area (Å²) in [5.41, 5.74) is 1.95. The van der Waals surface area contributed by atoms with Gasteiger partial charge in [-0.05, 0) is 36.0 Å². The van der Waals surface area contributed by atoms with Crippen molar-refractivity contribution >= 4 is 17.5 Å². The van der Waals surface area contributed by atoms with E-state index in [0.29, 0.717) is 18.0 Å². The summed E-state index contributed by atoms with van der Waals surface area (Å²) in [6.07, 6.45) is 1.42. The minimum atomic E-state index is -0.170. The molecule has 2 atom stereocenters. The Balaban J connectivity index is 2.23. The van der Waals surface area contributed by atoms with Crippen molar-refractivity contribution in [1.29, 1.82) is 0 Å². The fourth-order valence-corrected chi connectivity index (χ4v) is 2.64. The topological polar surface area (TPSA) is 37.4 Å². The molecule has 0 radical (unpaired) electrons. The maximum atomic E-state index is 12.3. The summed E-state index contributed by atoms with van der Waals surface area (Å²) in [5.74, 6) is 0.399. The van der Waals surface area contributed by atoms with Gasteiger partial charge in [0.25, 0.3) is 0 Å². The zero-order valence-corrected chi connectivity index (χ0v) is 12.7. The molecule has 0 spiro atoms. The molecule has 1 aromatic rings. The van der Waals surface area contributed by atoms with Gasteiger partial charge >= 0.3 is 0 Å². The number of amides is 2. The second kappa shape index (κ2) is 5.78. The van der Waals surface area contributed by atoms with Crippen LogP contribution in [0.2, 0.25) is 0 Å². The smallest absolute Gasteiger partial charge is 0.237 e. The molecule has 3 nitrogen and oxygen atoms in total. The van der Waals surface area contributed by atoms with Gasteiger partial charge in [-0.25, -0.2) is 0 Å². The fraction of sp³-hybridized carbons (Fsp3) is 0.529. The molecular weight excluding hydrogens is 250 g/mol. The van der Waals surface area contributed by atoms with Crippen LogP contribution in [0.25, 0.3) is 0 Å². The first kappa shape index (κ1) is 14.8. The third kappa shape index (κ3) is 2.62. The molecule has 0 saturated carbocycles. The van der Waals surface area contributed by atoms with Gasteiger partial charge in [0.15, 0.2) is 0 Å². The summed E-state index contributed by atoms with van der Waals surface area (Å²) in [6.45, 7) is 8.31. The number of carbonyl (C=O) groups excluding carboxylic acids is 2. The van der Waals surface area contributed by atoms with Crippen molar-refractivity contribution in [2.75, 3.05) is 4.90 Å². The SMILES string of the molecule is CCC(C)c1ccc(N2C(=O)CC(C(C)C)C2=O)cc1. The molecule has 1 aliphatic heterocycles. The van der Waals surface area contributed by atoms with Crippen LogP contribution in [0.4, 0.5) is 5.69 Å². The molecule has 1 saturated heterocycles. The van der Waals surface area contributed by atoms with E-state index >= 15 is 0 Å². The van der Waals surface area contributed by atoms with E-state index in [2.05, 4.69) is 13.8 Å². The Morgan fingerprint density at radius 3 is 2.20 bits per heavy atom. The number of rotatable bonds is 4. The van der Waals surface area contributed by atoms with Crippen molar-refractivity contribution in [2.45, 2.75) is 46.5 Å². The number of hydrogen-bond acceptors (Lipinski definition) is 2. The van der Waals surface area contributed by atoms with Gasteiger partial charge in [-0.1, -0.05) is 39.8 Å². The van der Waals surface area contributed by atoms with Crippen molar-refractivity contribution in [2.24, 2.45) is 11.8 Å². The van der Waals surface area contributed by atoms with Crippen LogP contribution < -0.4 is 4.90 Å². The van der Waals surface area contributed by atoms with Gasteiger partial charge in [0.1, 0.15) is 0 Å². The lowest BCUT2D eigenvalue weighted by molar-refractivity contribution is -0.122. The minimum absolute atomic E-state index is 0.0544. The predicted molar refractivity (Wildman–Crippen MR) is 80.6 cm³/mol. The van der Waals surface area contributed by atoms with E-state index in [1.807, 2.05) is 38.1 Å². The maximum Gasteiger partial charge on any atom is 0.237 e. The van der Waals surface area contributed by atoms with Crippen LogP contribution in [0, 0.1) is 11.8 Å². The Hall–Kier alpha value is -1.64. The van der Waals surface area contributed by atoms with Crippen LogP contribution in [-0.4, -0.2) is 11.8 Å². The molecule has 0 aromatic heterocycles. The monoisotopic (exact) mass is 273 g/mol. The van der Waals surface area contributed by atoms with Crippen LogP contribution in [0.1, 0.15) is 52.0 Å². The second-order valence-electron chi connectivity index (χ2n) is 6.02. The van der Waals surface area contributed by atoms with E-state index in [-0.39, 0.29) is 23.7 Å². The lowest BCUT2D eigenvalue weighted by atomic mass is 9.94. The maximum absolute atomic E-state index is 12.3. The molecule has 0 bridgehead atoms. The highest BCUT2D eigenvalue weighted by molar-refractivity contribution is 6.20. The molecule has 0 N–H and O–H groups in total. The first-order chi connectivity index (χ1) is 9.45. The van der Waals surface area contributed by atoms with E-state index < -0.39 is 0 Å². The number of carbonyl (C=O) groups is 2. The van der Waals surface area contributed by atoms with E-state index in [1.54, 1.807) is 0 Å². The number of benzene rings is 1. The Bertz CT molecular complexity index is 504. The average molecular weight is 273 g/mol. The highest BCUT2D eigenvalue weighted by atomic mass is 16.2. The van der Waals surface area contributed by atoms with E-state index in [4.69, 9.17) is 0 Å². The van der Waals surface area contributed by atoms with Gasteiger partial charge in [-0.3, -0.25) is 14.5 Å². The van der Waals surface area contributed by atoms with Crippen LogP contribution in [0.15, 0.2) is 24.3 Å². The standard InChI is InChI=1S/C17H23NO2/c1-5-12(4)13-6-8-14(9-7-13)18-16(19)10-15(11(2)3)17(18)20/h6-9,11-12,15H,5,10H2,1-4H3. The number of anilines is 1. The molecule has 2 unspecified atom stereocenters. The van der Waals surface area contributed by atoms with Crippen molar-refractivity contribution in [3.8, 4) is 0 Å². The van der Waals surface area contributed by atoms with Crippen molar-refractivity contribution < 1.29 is 9.59 Å². The van der Waals surface area contributed by atoms with Crippen molar-refractivity contribution in [3.63, 3.8) is 0 Å². The molecule has 0 aliphatic carbocycles. The van der Waals surface area contributed by atoms with Gasteiger partial charge in [0.2, 0.25) is 11.8 Å². The average Bonchev–Trinajstić information content (AvgIpc) is 2.73. The van der Waals surface area contributed by atoms with Crippen LogP contribution >= 0.6 is 0 Å². The van der Waals surface area contributed by atoms with Gasteiger partial charge in [0.05, 0.1) is 11.6 Å². The fourth-order valence-electron chi connectivity index (χ4n) is 2.64. The highest BCUT2D eigenvalue weighted by Gasteiger charge is 2.40. The zero-order valence-electron chi connectivity index (χ0n) is 12.7. The predicted octanol–water partition coefficient (Wildman–Crippen LogP) is 3.74. The molecule has 3 heteroatoms. The summed E-state index contributed by atoms with van der Waals surface area (Å²) in [6, 6.07) is 7.82. The number of nitrogens with zero attached hydrogens (tertiary/aromatic N) is 1. The van der Waals surface area contributed by atoms with Crippen molar-refractivity contribution in [1.82, 2.24) is 0 Å². The third-order valence-electron chi connectivity index (χ3n) is 4.32. The molecule has 1 fully saturated rings. The third-order valence-corrected chi connectivity index (χ3v) is 4.32. The van der Waals surface area contributed by atoms with Gasteiger partial charge in [0, 0.05) is 6.42 Å². The second-order valence-corrected chi connectivity index (χ2v) is 6.02. The molecule has 2 amide bonds. The molecule has 1 aromatic carbocycles. The van der Waals surface area contributed by atoms with E-state index in [0.717, 1.165) is 6.42 Å². The normalized spacial score (nSPS) is 20.9. The van der Waals surface area contributed by atoms with E-state index in [9.17, 15) is 9.59 Å². The first-order valence-corrected chi connectivity index (χ1v) is 7.42. The summed E-state index contributed by atoms with van der Waals surface area (Å²) in [4.78, 5) is 25.8. The Morgan fingerprint density at radius 2 is 1.75 bits per heavy atom. The molecule has 2 rings (SSSR count). The Morgan fingerprint density at radius 1 is 1.15 bits per heavy atom. The molecule has 1 aliphatic rings. The van der Waals surface area contributed by atoms with Gasteiger partial charge < -0.3 is 0 Å². The Kier molecular flexibility index (Phi) is 4.26. The molecular formula is C17H23NO2. The molecule has 1 heterocycles. The van der Waals surface area contributed by atoms with E-state index in [1.165, 1.54) is 10.5 Å². The lowest BCUT2D eigenvalue weighted by Gasteiger charge is -2.17. The van der Waals surface area contributed by atoms with Crippen LogP contribution in [-0.2, 0) is 9.59 Å². The quantitative estimate of drug-likeness (QED) is 0.784. The lowest BCUT2D eigenvalue weighted by Crippen LogP contribution is -2.31. The molecule has 20 heavy (non-hydrogen) atoms. The largest absolute Gasteiger partial charge is 0.274 e. The number of hydrogen-bond donors (Lipinski definition) is 0. The zero-order chi connectivity index (χ0) is 14.9.